The van der Waals surface area contributed by atoms with Gasteiger partial charge in [-0.1, -0.05) is 54.2 Å². The number of nitrogens with one attached hydrogen (secondary N) is 1. The van der Waals surface area contributed by atoms with E-state index >= 15 is 0 Å². The number of nitrogens with zero attached hydrogens (tertiary/aromatic N) is 2. The molecule has 0 radical (unpaired) electrons. The van der Waals surface area contributed by atoms with Crippen LogP contribution < -0.4 is 10.9 Å². The maximum absolute atomic E-state index is 13.1. The zero-order valence-corrected chi connectivity index (χ0v) is 18.4. The first-order valence-electron chi connectivity index (χ1n) is 9.90. The van der Waals surface area contributed by atoms with E-state index in [1.54, 1.807) is 16.3 Å². The Morgan fingerprint density at radius 1 is 1.20 bits per heavy atom. The van der Waals surface area contributed by atoms with Crippen LogP contribution in [0.5, 0.6) is 0 Å². The number of carbonyl (C=O) groups is 1. The number of hydrogen-bond acceptors (Lipinski definition) is 5. The molecule has 0 aliphatic carbocycles. The fourth-order valence-corrected chi connectivity index (χ4v) is 5.25. The lowest BCUT2D eigenvalue weighted by Crippen LogP contribution is -2.27. The van der Waals surface area contributed by atoms with Gasteiger partial charge in [-0.2, -0.15) is 0 Å². The van der Waals surface area contributed by atoms with Crippen molar-refractivity contribution in [2.24, 2.45) is 0 Å². The lowest BCUT2D eigenvalue weighted by Gasteiger charge is -2.14. The molecule has 0 spiro atoms. The van der Waals surface area contributed by atoms with Gasteiger partial charge in [-0.05, 0) is 36.6 Å². The number of fused-ring (bicyclic) bond motifs is 1. The Labute approximate surface area is 184 Å². The monoisotopic (exact) mass is 437 g/mol. The first-order chi connectivity index (χ1) is 14.6. The van der Waals surface area contributed by atoms with Crippen molar-refractivity contribution in [3.63, 3.8) is 0 Å². The number of carbonyl (C=O) groups excluding carboxylic acids is 1. The molecule has 2 heterocycles. The molecule has 4 rings (SSSR count). The second kappa shape index (κ2) is 9.53. The molecule has 0 unspecified atom stereocenters. The van der Waals surface area contributed by atoms with Gasteiger partial charge < -0.3 is 5.32 Å². The molecule has 0 atom stereocenters. The van der Waals surface area contributed by atoms with Gasteiger partial charge in [0, 0.05) is 24.4 Å². The summed E-state index contributed by atoms with van der Waals surface area (Å²) >= 11 is 2.91. The molecule has 1 N–H and O–H groups in total. The SMILES string of the molecule is Cc1cccc(NC(=O)CSc2nc3c(c(=O)n2CCc2ccccc2)SCC3)c1. The smallest absolute Gasteiger partial charge is 0.268 e. The summed E-state index contributed by atoms with van der Waals surface area (Å²) in [5.74, 6) is 0.986. The summed E-state index contributed by atoms with van der Waals surface area (Å²) in [6.45, 7) is 2.54. The third-order valence-corrected chi connectivity index (χ3v) is 6.93. The molecule has 154 valence electrons. The van der Waals surface area contributed by atoms with Gasteiger partial charge in [-0.25, -0.2) is 4.98 Å². The fraction of sp³-hybridized carbons (Fsp3) is 0.261. The molecule has 0 fully saturated rings. The van der Waals surface area contributed by atoms with Crippen LogP contribution in [0.4, 0.5) is 5.69 Å². The first-order valence-corrected chi connectivity index (χ1v) is 11.9. The number of thioether (sulfide) groups is 2. The Hall–Kier alpha value is -2.51. The topological polar surface area (TPSA) is 64.0 Å². The van der Waals surface area contributed by atoms with Crippen LogP contribution in [0.3, 0.4) is 0 Å². The van der Waals surface area contributed by atoms with Gasteiger partial charge in [0.15, 0.2) is 5.16 Å². The highest BCUT2D eigenvalue weighted by molar-refractivity contribution is 8.00. The Morgan fingerprint density at radius 3 is 2.83 bits per heavy atom. The molecule has 1 amide bonds. The lowest BCUT2D eigenvalue weighted by atomic mass is 10.1. The number of rotatable bonds is 7. The maximum atomic E-state index is 13.1. The van der Waals surface area contributed by atoms with Crippen molar-refractivity contribution in [2.45, 2.75) is 36.4 Å². The first kappa shape index (κ1) is 20.8. The molecular formula is C23H23N3O2S2. The van der Waals surface area contributed by atoms with E-state index in [0.717, 1.165) is 40.4 Å². The average Bonchev–Trinajstić information content (AvgIpc) is 3.21. The Bertz CT molecular complexity index is 1110. The summed E-state index contributed by atoms with van der Waals surface area (Å²) in [6, 6.07) is 17.8. The molecule has 0 saturated heterocycles. The van der Waals surface area contributed by atoms with E-state index in [-0.39, 0.29) is 17.2 Å². The van der Waals surface area contributed by atoms with Crippen LogP contribution in [0.1, 0.15) is 16.8 Å². The molecule has 1 aromatic heterocycles. The van der Waals surface area contributed by atoms with Crippen LogP contribution in [0.2, 0.25) is 0 Å². The van der Waals surface area contributed by atoms with E-state index in [0.29, 0.717) is 11.7 Å². The van der Waals surface area contributed by atoms with Crippen molar-refractivity contribution >= 4 is 35.1 Å². The molecule has 1 aliphatic rings. The van der Waals surface area contributed by atoms with E-state index < -0.39 is 0 Å². The van der Waals surface area contributed by atoms with Crippen LogP contribution in [-0.4, -0.2) is 27.0 Å². The third kappa shape index (κ3) is 4.96. The third-order valence-electron chi connectivity index (χ3n) is 4.85. The quantitative estimate of drug-likeness (QED) is 0.444. The number of aryl methyl sites for hydroxylation is 3. The van der Waals surface area contributed by atoms with Crippen molar-refractivity contribution in [1.29, 1.82) is 0 Å². The second-order valence-electron chi connectivity index (χ2n) is 7.17. The predicted octanol–water partition coefficient (Wildman–Crippen LogP) is 4.17. The van der Waals surface area contributed by atoms with E-state index in [1.165, 1.54) is 17.3 Å². The molecule has 1 aliphatic heterocycles. The Balaban J connectivity index is 1.50. The molecule has 30 heavy (non-hydrogen) atoms. The molecular weight excluding hydrogens is 414 g/mol. The molecule has 0 bridgehead atoms. The minimum atomic E-state index is -0.107. The predicted molar refractivity (Wildman–Crippen MR) is 124 cm³/mol. The molecule has 3 aromatic rings. The molecule has 0 saturated carbocycles. The van der Waals surface area contributed by atoms with Crippen molar-refractivity contribution < 1.29 is 4.79 Å². The van der Waals surface area contributed by atoms with Crippen LogP contribution in [-0.2, 0) is 24.2 Å². The van der Waals surface area contributed by atoms with Gasteiger partial charge in [0.05, 0.1) is 16.3 Å². The van der Waals surface area contributed by atoms with Gasteiger partial charge in [0.25, 0.3) is 5.56 Å². The summed E-state index contributed by atoms with van der Waals surface area (Å²) in [4.78, 5) is 31.0. The van der Waals surface area contributed by atoms with Gasteiger partial charge in [-0.15, -0.1) is 11.8 Å². The number of benzene rings is 2. The number of amides is 1. The van der Waals surface area contributed by atoms with Crippen LogP contribution in [0.15, 0.2) is 69.4 Å². The zero-order chi connectivity index (χ0) is 20.9. The zero-order valence-electron chi connectivity index (χ0n) is 16.8. The van der Waals surface area contributed by atoms with Crippen molar-refractivity contribution in [2.75, 3.05) is 16.8 Å². The minimum Gasteiger partial charge on any atom is -0.325 e. The largest absolute Gasteiger partial charge is 0.325 e. The van der Waals surface area contributed by atoms with E-state index in [4.69, 9.17) is 4.98 Å². The maximum Gasteiger partial charge on any atom is 0.268 e. The standard InChI is InChI=1S/C23H23N3O2S2/c1-16-6-5-9-18(14-16)24-20(27)15-30-23-25-19-11-13-29-21(19)22(28)26(23)12-10-17-7-3-2-4-8-17/h2-9,14H,10-13,15H2,1H3,(H,24,27). The summed E-state index contributed by atoms with van der Waals surface area (Å²) in [6.07, 6.45) is 1.55. The molecule has 7 heteroatoms. The van der Waals surface area contributed by atoms with Crippen LogP contribution in [0, 0.1) is 6.92 Å². The van der Waals surface area contributed by atoms with Gasteiger partial charge in [0.1, 0.15) is 0 Å². The number of aromatic nitrogens is 2. The van der Waals surface area contributed by atoms with Crippen molar-refractivity contribution in [3.05, 3.63) is 81.8 Å². The summed E-state index contributed by atoms with van der Waals surface area (Å²) < 4.78 is 1.73. The van der Waals surface area contributed by atoms with Gasteiger partial charge in [0.2, 0.25) is 5.91 Å². The lowest BCUT2D eigenvalue weighted by molar-refractivity contribution is -0.113. The van der Waals surface area contributed by atoms with Crippen molar-refractivity contribution in [3.8, 4) is 0 Å². The highest BCUT2D eigenvalue weighted by atomic mass is 32.2. The Morgan fingerprint density at radius 2 is 2.03 bits per heavy atom. The highest BCUT2D eigenvalue weighted by Crippen LogP contribution is 2.29. The average molecular weight is 438 g/mol. The number of anilines is 1. The van der Waals surface area contributed by atoms with E-state index in [1.807, 2.05) is 49.4 Å². The normalized spacial score (nSPS) is 12.6. The van der Waals surface area contributed by atoms with Gasteiger partial charge >= 0.3 is 0 Å². The fourth-order valence-electron chi connectivity index (χ4n) is 3.37. The summed E-state index contributed by atoms with van der Waals surface area (Å²) in [5.41, 5.74) is 3.92. The van der Waals surface area contributed by atoms with E-state index in [9.17, 15) is 9.59 Å². The minimum absolute atomic E-state index is 0.0139. The van der Waals surface area contributed by atoms with E-state index in [2.05, 4.69) is 17.4 Å². The molecule has 2 aromatic carbocycles. The van der Waals surface area contributed by atoms with Crippen LogP contribution >= 0.6 is 23.5 Å². The highest BCUT2D eigenvalue weighted by Gasteiger charge is 2.22. The number of hydrogen-bond donors (Lipinski definition) is 1. The summed E-state index contributed by atoms with van der Waals surface area (Å²) in [5, 5.41) is 3.54. The van der Waals surface area contributed by atoms with Crippen LogP contribution in [0.25, 0.3) is 0 Å². The summed E-state index contributed by atoms with van der Waals surface area (Å²) in [7, 11) is 0. The van der Waals surface area contributed by atoms with Crippen molar-refractivity contribution in [1.82, 2.24) is 9.55 Å². The van der Waals surface area contributed by atoms with Gasteiger partial charge in [-0.3, -0.25) is 14.2 Å². The second-order valence-corrected chi connectivity index (χ2v) is 9.22. The molecule has 5 nitrogen and oxygen atoms in total. The Kier molecular flexibility index (Phi) is 6.59.